The second kappa shape index (κ2) is 16.0. The molecule has 0 saturated carbocycles. The van der Waals surface area contributed by atoms with Crippen LogP contribution in [0.25, 0.3) is 27.0 Å². The summed E-state index contributed by atoms with van der Waals surface area (Å²) in [5.74, 6) is 1.24. The lowest BCUT2D eigenvalue weighted by atomic mass is 9.82. The van der Waals surface area contributed by atoms with Crippen molar-refractivity contribution in [3.63, 3.8) is 0 Å². The molecule has 0 radical (unpaired) electrons. The van der Waals surface area contributed by atoms with Gasteiger partial charge in [0.2, 0.25) is 5.43 Å². The van der Waals surface area contributed by atoms with Crippen molar-refractivity contribution in [2.24, 2.45) is 0 Å². The monoisotopic (exact) mass is 752 g/mol. The summed E-state index contributed by atoms with van der Waals surface area (Å²) in [5, 5.41) is 10.3. The average molecular weight is 753 g/mol. The second-order valence-corrected chi connectivity index (χ2v) is 15.5. The highest BCUT2D eigenvalue weighted by Gasteiger charge is 2.41. The van der Waals surface area contributed by atoms with Crippen LogP contribution in [0, 0.1) is 0 Å². The van der Waals surface area contributed by atoms with Gasteiger partial charge < -0.3 is 24.4 Å². The van der Waals surface area contributed by atoms with E-state index in [4.69, 9.17) is 9.47 Å². The van der Waals surface area contributed by atoms with Gasteiger partial charge in [0.05, 0.1) is 18.8 Å². The van der Waals surface area contributed by atoms with Gasteiger partial charge in [0, 0.05) is 50.2 Å². The van der Waals surface area contributed by atoms with Crippen molar-refractivity contribution >= 4 is 40.2 Å². The van der Waals surface area contributed by atoms with Gasteiger partial charge in [-0.2, -0.15) is 0 Å². The number of aromatic hydroxyl groups is 1. The number of allylic oxidation sites excluding steroid dienone is 1. The van der Waals surface area contributed by atoms with Crippen LogP contribution in [-0.4, -0.2) is 24.9 Å². The molecule has 1 aliphatic rings. The molecule has 0 saturated heterocycles. The fraction of sp³-hybridized carbons (Fsp3) is 0.277. The van der Waals surface area contributed by atoms with Crippen molar-refractivity contribution in [3.05, 3.63) is 140 Å². The molecule has 6 aromatic rings. The number of hydrogen-bond acceptors (Lipinski definition) is 8. The lowest BCUT2D eigenvalue weighted by Crippen LogP contribution is -2.34. The maximum Gasteiger partial charge on any atom is 0.268 e. The molecule has 0 atom stereocenters. The van der Waals surface area contributed by atoms with Crippen molar-refractivity contribution in [2.75, 3.05) is 29.6 Å². The Morgan fingerprint density at radius 1 is 0.691 bits per heavy atom. The Morgan fingerprint density at radius 2 is 1.24 bits per heavy atom. The van der Waals surface area contributed by atoms with E-state index >= 15 is 0 Å². The van der Waals surface area contributed by atoms with Crippen LogP contribution < -0.4 is 30.1 Å². The van der Waals surface area contributed by atoms with Gasteiger partial charge >= 0.3 is 0 Å². The minimum Gasteiger partial charge on any atom is -0.504 e. The van der Waals surface area contributed by atoms with E-state index in [1.54, 1.807) is 17.4 Å². The van der Waals surface area contributed by atoms with Gasteiger partial charge in [0.25, 0.3) is 5.43 Å². The number of ether oxygens (including phenoxy) is 2. The normalized spacial score (nSPS) is 14.1. The Kier molecular flexibility index (Phi) is 11.0. The topological polar surface area (TPSA) is 79.3 Å². The number of fused-ring (bicyclic) bond motifs is 1. The fourth-order valence-corrected chi connectivity index (χ4v) is 8.50. The molecule has 2 heterocycles. The molecule has 282 valence electrons. The van der Waals surface area contributed by atoms with Gasteiger partial charge in [-0.05, 0) is 122 Å². The Morgan fingerprint density at radius 3 is 1.78 bits per heavy atom. The second-order valence-electron chi connectivity index (χ2n) is 14.4. The predicted octanol–water partition coefficient (Wildman–Crippen LogP) is 11.4. The molecule has 0 unspecified atom stereocenters. The molecule has 1 N–H and O–H groups in total. The Balaban J connectivity index is 1.18. The molecule has 0 amide bonds. The number of rotatable bonds is 15. The summed E-state index contributed by atoms with van der Waals surface area (Å²) in [4.78, 5) is 31.1. The Labute approximate surface area is 327 Å². The van der Waals surface area contributed by atoms with E-state index in [1.165, 1.54) is 4.88 Å². The predicted molar refractivity (Wildman–Crippen MR) is 228 cm³/mol. The summed E-state index contributed by atoms with van der Waals surface area (Å²) in [5.41, 5.74) is 6.79. The van der Waals surface area contributed by atoms with E-state index in [1.807, 2.05) is 38.1 Å². The summed E-state index contributed by atoms with van der Waals surface area (Å²) in [7, 11) is 0. The highest BCUT2D eigenvalue weighted by atomic mass is 32.1. The molecule has 0 spiro atoms. The van der Waals surface area contributed by atoms with E-state index < -0.39 is 22.0 Å². The molecule has 0 aliphatic carbocycles. The first kappa shape index (κ1) is 37.7. The van der Waals surface area contributed by atoms with Crippen molar-refractivity contribution < 1.29 is 14.6 Å². The summed E-state index contributed by atoms with van der Waals surface area (Å²) in [6.45, 7) is 12.5. The van der Waals surface area contributed by atoms with Gasteiger partial charge in [0.15, 0.2) is 5.75 Å². The molecule has 8 heteroatoms. The molecule has 55 heavy (non-hydrogen) atoms. The highest BCUT2D eigenvalue weighted by molar-refractivity contribution is 7.18. The number of thiophene rings is 1. The standard InChI is InChI=1S/C47H48N2O5S/c1-6-9-10-11-28-48-40-29-32(14-25-39(40)47(4,5)43(48)30-38-44(50)46(52)45(38)51)42-27-26-41(55-42)31-12-15-33(16-13-31)49(34-17-21-36(22-18-34)53-7-2)35-19-23-37(24-20-35)54-8-3/h12-27,29-30,50H,6-11,28H2,1-5H3/b43-30+. The van der Waals surface area contributed by atoms with Gasteiger partial charge in [-0.25, -0.2) is 0 Å². The summed E-state index contributed by atoms with van der Waals surface area (Å²) >= 11 is 1.76. The zero-order valence-corrected chi connectivity index (χ0v) is 33.0. The van der Waals surface area contributed by atoms with E-state index in [0.717, 1.165) is 93.7 Å². The van der Waals surface area contributed by atoms with Crippen LogP contribution in [0.3, 0.4) is 0 Å². The molecule has 1 aromatic heterocycles. The van der Waals surface area contributed by atoms with Crippen molar-refractivity contribution in [1.29, 1.82) is 0 Å². The minimum absolute atomic E-state index is 0.107. The first-order chi connectivity index (χ1) is 26.6. The number of benzene rings is 4. The van der Waals surface area contributed by atoms with Crippen molar-refractivity contribution in [2.45, 2.75) is 65.7 Å². The van der Waals surface area contributed by atoms with Gasteiger partial charge in [-0.3, -0.25) is 9.59 Å². The zero-order chi connectivity index (χ0) is 38.7. The van der Waals surface area contributed by atoms with Gasteiger partial charge in [-0.1, -0.05) is 64.3 Å². The van der Waals surface area contributed by atoms with E-state index in [2.05, 4.69) is 109 Å². The molecule has 7 nitrogen and oxygen atoms in total. The van der Waals surface area contributed by atoms with Crippen LogP contribution in [0.15, 0.2) is 118 Å². The molecule has 0 bridgehead atoms. The largest absolute Gasteiger partial charge is 0.504 e. The third-order valence-electron chi connectivity index (χ3n) is 10.4. The summed E-state index contributed by atoms with van der Waals surface area (Å²) in [6.07, 6.45) is 6.13. The SMILES string of the molecule is CCCCCCN1/C(=C/c2c(O)c(=O)c2=O)C(C)(C)c2ccc(-c3ccc(-c4ccc(N(c5ccc(OCC)cc5)c5ccc(OCC)cc5)cc4)s3)cc21. The van der Waals surface area contributed by atoms with E-state index in [0.29, 0.717) is 13.2 Å². The van der Waals surface area contributed by atoms with Crippen molar-refractivity contribution in [3.8, 4) is 38.1 Å². The van der Waals surface area contributed by atoms with E-state index in [-0.39, 0.29) is 5.56 Å². The smallest absolute Gasteiger partial charge is 0.268 e. The summed E-state index contributed by atoms with van der Waals surface area (Å²) in [6, 6.07) is 36.0. The molecule has 1 aliphatic heterocycles. The fourth-order valence-electron chi connectivity index (χ4n) is 7.49. The maximum absolute atomic E-state index is 12.4. The third-order valence-corrected chi connectivity index (χ3v) is 11.6. The lowest BCUT2D eigenvalue weighted by molar-refractivity contribution is 0.340. The highest BCUT2D eigenvalue weighted by Crippen LogP contribution is 2.50. The lowest BCUT2D eigenvalue weighted by Gasteiger charge is -2.27. The minimum atomic E-state index is -0.808. The Hall–Kier alpha value is -5.60. The van der Waals surface area contributed by atoms with Crippen LogP contribution in [0.1, 0.15) is 71.4 Å². The number of hydrogen-bond donors (Lipinski definition) is 1. The maximum atomic E-state index is 12.4. The van der Waals surface area contributed by atoms with Crippen molar-refractivity contribution in [1.82, 2.24) is 0 Å². The first-order valence-corrected chi connectivity index (χ1v) is 20.1. The number of unbranched alkanes of at least 4 members (excludes halogenated alkanes) is 3. The Bertz CT molecular complexity index is 2320. The van der Waals surface area contributed by atoms with Gasteiger partial charge in [0.1, 0.15) is 11.5 Å². The van der Waals surface area contributed by atoms with E-state index in [9.17, 15) is 14.7 Å². The molecule has 5 aromatic carbocycles. The first-order valence-electron chi connectivity index (χ1n) is 19.3. The molecular weight excluding hydrogens is 705 g/mol. The van der Waals surface area contributed by atoms with Crippen LogP contribution in [0.4, 0.5) is 22.7 Å². The molecular formula is C47H48N2O5S. The number of anilines is 4. The van der Waals surface area contributed by atoms with Crippen LogP contribution >= 0.6 is 11.3 Å². The molecule has 7 rings (SSSR count). The van der Waals surface area contributed by atoms with Gasteiger partial charge in [-0.15, -0.1) is 11.3 Å². The number of nitrogens with zero attached hydrogens (tertiary/aromatic N) is 2. The van der Waals surface area contributed by atoms with Crippen LogP contribution in [0.5, 0.6) is 17.2 Å². The quantitative estimate of drug-likeness (QED) is 0.0826. The zero-order valence-electron chi connectivity index (χ0n) is 32.2. The molecule has 0 fully saturated rings. The third kappa shape index (κ3) is 7.43. The van der Waals surface area contributed by atoms with Crippen LogP contribution in [0.2, 0.25) is 0 Å². The summed E-state index contributed by atoms with van der Waals surface area (Å²) < 4.78 is 11.4. The average Bonchev–Trinajstić information content (AvgIpc) is 3.78. The van der Waals surface area contributed by atoms with Crippen LogP contribution in [-0.2, 0) is 5.41 Å².